The van der Waals surface area contributed by atoms with Crippen LogP contribution in [0.2, 0.25) is 0 Å². The molecule has 5 aromatic rings. The molecule has 0 saturated carbocycles. The van der Waals surface area contributed by atoms with E-state index >= 15 is 0 Å². The molecule has 10 nitrogen and oxygen atoms in total. The van der Waals surface area contributed by atoms with Gasteiger partial charge in [-0.2, -0.15) is 4.63 Å². The van der Waals surface area contributed by atoms with Gasteiger partial charge in [0.05, 0.1) is 15.5 Å². The Bertz CT molecular complexity index is 1880. The Kier molecular flexibility index (Phi) is 12.5. The van der Waals surface area contributed by atoms with Crippen LogP contribution in [0.25, 0.3) is 5.52 Å². The van der Waals surface area contributed by atoms with Gasteiger partial charge in [-0.1, -0.05) is 64.0 Å². The van der Waals surface area contributed by atoms with Crippen molar-refractivity contribution >= 4 is 26.9 Å². The van der Waals surface area contributed by atoms with E-state index in [0.29, 0.717) is 17.9 Å². The Morgan fingerprint density at radius 2 is 1.45 bits per heavy atom. The molecule has 1 unspecified atom stereocenters. The summed E-state index contributed by atoms with van der Waals surface area (Å²) in [5.74, 6) is 0.170. The third kappa shape index (κ3) is 9.72. The molecule has 0 spiro atoms. The van der Waals surface area contributed by atoms with Crippen LogP contribution in [0, 0.1) is 0 Å². The second-order valence-electron chi connectivity index (χ2n) is 12.6. The number of aryl methyl sites for hydroxylation is 3. The van der Waals surface area contributed by atoms with E-state index in [1.807, 2.05) is 48.3 Å². The molecule has 0 aliphatic heterocycles. The number of nitrogens with zero attached hydrogens (tertiary/aromatic N) is 4. The Balaban J connectivity index is 1.18. The molecule has 2 aromatic heterocycles. The number of aromatic hydroxyl groups is 1. The van der Waals surface area contributed by atoms with Crippen molar-refractivity contribution in [1.82, 2.24) is 19.6 Å². The fraction of sp³-hybridized carbons (Fsp3) is 0.395. The lowest BCUT2D eigenvalue weighted by molar-refractivity contribution is -0.123. The van der Waals surface area contributed by atoms with Gasteiger partial charge in [0.25, 0.3) is 5.91 Å². The number of benzene rings is 3. The van der Waals surface area contributed by atoms with Gasteiger partial charge in [-0.15, -0.1) is 5.10 Å². The molecule has 5 rings (SSSR count). The highest BCUT2D eigenvalue weighted by Gasteiger charge is 2.22. The maximum atomic E-state index is 13.5. The van der Waals surface area contributed by atoms with Crippen molar-refractivity contribution in [3.8, 4) is 11.5 Å². The van der Waals surface area contributed by atoms with E-state index in [-0.39, 0.29) is 21.4 Å². The van der Waals surface area contributed by atoms with Crippen molar-refractivity contribution in [3.05, 3.63) is 96.3 Å². The minimum Gasteiger partial charge on any atom is -0.508 e. The molecular formula is C38H47N5O5S. The van der Waals surface area contributed by atoms with Gasteiger partial charge >= 0.3 is 0 Å². The third-order valence-electron chi connectivity index (χ3n) is 8.78. The standard InChI is InChI=1S/C38H47N5O5S/c1-3-4-5-6-7-8-9-10-14-37(48-32-21-25-34(26-22-32)49(46,47)33-23-19-31(44)20-24-33)38(45)39-30-17-15-29(16-18-30)12-11-13-35-36-27-28-42(2)43(36)41-40-35/h15-28,37,44H,3-14H2,1-2H3,(H,39,45). The number of phenols is 1. The SMILES string of the molecule is CCCCCCCCCCC(Oc1ccc(S(=O)(=O)c2ccc(O)cc2)cc1)C(=O)Nc1ccc(CCCc2nnn3c2ccn3C)cc1. The van der Waals surface area contributed by atoms with Crippen molar-refractivity contribution in [2.75, 3.05) is 5.32 Å². The first-order chi connectivity index (χ1) is 23.7. The second-order valence-corrected chi connectivity index (χ2v) is 14.5. The molecule has 3 aromatic carbocycles. The van der Waals surface area contributed by atoms with E-state index in [1.165, 1.54) is 74.1 Å². The highest BCUT2D eigenvalue weighted by Crippen LogP contribution is 2.26. The van der Waals surface area contributed by atoms with Crippen LogP contribution in [0.15, 0.2) is 94.9 Å². The average molecular weight is 686 g/mol. The number of carbonyl (C=O) groups is 1. The summed E-state index contributed by atoms with van der Waals surface area (Å²) >= 11 is 0. The lowest BCUT2D eigenvalue weighted by atomic mass is 10.0. The van der Waals surface area contributed by atoms with Crippen LogP contribution in [-0.4, -0.2) is 45.2 Å². The second kappa shape index (κ2) is 17.1. The molecule has 0 fully saturated rings. The highest BCUT2D eigenvalue weighted by molar-refractivity contribution is 7.91. The molecule has 11 heteroatoms. The third-order valence-corrected chi connectivity index (χ3v) is 10.6. The van der Waals surface area contributed by atoms with Crippen molar-refractivity contribution in [1.29, 1.82) is 0 Å². The maximum Gasteiger partial charge on any atom is 0.265 e. The van der Waals surface area contributed by atoms with E-state index in [0.717, 1.165) is 49.7 Å². The number of aromatic nitrogens is 4. The molecule has 49 heavy (non-hydrogen) atoms. The smallest absolute Gasteiger partial charge is 0.265 e. The van der Waals surface area contributed by atoms with Crippen molar-refractivity contribution < 1.29 is 23.1 Å². The van der Waals surface area contributed by atoms with E-state index in [4.69, 9.17) is 4.74 Å². The molecule has 260 valence electrons. The Hall–Kier alpha value is -4.64. The van der Waals surface area contributed by atoms with Crippen LogP contribution in [0.3, 0.4) is 0 Å². The quantitative estimate of drug-likeness (QED) is 0.0853. The molecule has 1 amide bonds. The number of hydrogen-bond donors (Lipinski definition) is 2. The summed E-state index contributed by atoms with van der Waals surface area (Å²) in [6.07, 6.45) is 13.6. The highest BCUT2D eigenvalue weighted by atomic mass is 32.2. The number of carbonyl (C=O) groups excluding carboxylic acids is 1. The number of sulfone groups is 1. The number of hydrogen-bond acceptors (Lipinski definition) is 7. The van der Waals surface area contributed by atoms with Gasteiger partial charge in [0.2, 0.25) is 9.84 Å². The lowest BCUT2D eigenvalue weighted by Gasteiger charge is -2.19. The number of phenolic OH excluding ortho intramolecular Hbond substituents is 1. The first-order valence-electron chi connectivity index (χ1n) is 17.3. The summed E-state index contributed by atoms with van der Waals surface area (Å²) in [5.41, 5.74) is 3.88. The zero-order valence-electron chi connectivity index (χ0n) is 28.4. The van der Waals surface area contributed by atoms with Crippen LogP contribution in [0.5, 0.6) is 11.5 Å². The molecule has 0 aliphatic rings. The Morgan fingerprint density at radius 1 is 0.816 bits per heavy atom. The number of nitrogens with one attached hydrogen (secondary N) is 1. The number of amides is 1. The molecule has 0 aliphatic carbocycles. The predicted molar refractivity (Wildman–Crippen MR) is 191 cm³/mol. The Morgan fingerprint density at radius 3 is 2.12 bits per heavy atom. The molecule has 1 atom stereocenters. The zero-order valence-corrected chi connectivity index (χ0v) is 29.2. The van der Waals surface area contributed by atoms with E-state index in [1.54, 1.807) is 16.8 Å². The van der Waals surface area contributed by atoms with E-state index < -0.39 is 15.9 Å². The molecular weight excluding hydrogens is 639 g/mol. The fourth-order valence-electron chi connectivity index (χ4n) is 5.89. The van der Waals surface area contributed by atoms with Crippen molar-refractivity contribution in [2.24, 2.45) is 7.05 Å². The minimum atomic E-state index is -3.77. The summed E-state index contributed by atoms with van der Waals surface area (Å²) in [4.78, 5) is 13.7. The molecule has 2 N–H and O–H groups in total. The normalized spacial score (nSPS) is 12.3. The van der Waals surface area contributed by atoms with Gasteiger partial charge < -0.3 is 15.2 Å². The number of fused-ring (bicyclic) bond motifs is 1. The van der Waals surface area contributed by atoms with E-state index in [9.17, 15) is 18.3 Å². The zero-order chi connectivity index (χ0) is 34.6. The van der Waals surface area contributed by atoms with Crippen LogP contribution < -0.4 is 10.1 Å². The van der Waals surface area contributed by atoms with Crippen LogP contribution in [0.4, 0.5) is 5.69 Å². The van der Waals surface area contributed by atoms with E-state index in [2.05, 4.69) is 22.6 Å². The number of unbranched alkanes of at least 4 members (excludes halogenated alkanes) is 7. The van der Waals surface area contributed by atoms with Gasteiger partial charge in [-0.05, 0) is 110 Å². The van der Waals surface area contributed by atoms with Gasteiger partial charge in [-0.25, -0.2) is 8.42 Å². The fourth-order valence-corrected chi connectivity index (χ4v) is 7.16. The van der Waals surface area contributed by atoms with Crippen molar-refractivity contribution in [3.63, 3.8) is 0 Å². The molecule has 0 saturated heterocycles. The summed E-state index contributed by atoms with van der Waals surface area (Å²) in [6.45, 7) is 2.21. The largest absolute Gasteiger partial charge is 0.508 e. The van der Waals surface area contributed by atoms with Crippen molar-refractivity contribution in [2.45, 2.75) is 99.9 Å². The molecule has 0 bridgehead atoms. The first-order valence-corrected chi connectivity index (χ1v) is 18.8. The number of rotatable bonds is 19. The topological polar surface area (TPSA) is 128 Å². The molecule has 0 radical (unpaired) electrons. The monoisotopic (exact) mass is 685 g/mol. The first kappa shape index (κ1) is 35.7. The number of anilines is 1. The molecule has 2 heterocycles. The Labute approximate surface area is 289 Å². The van der Waals surface area contributed by atoms with Gasteiger partial charge in [0.1, 0.15) is 17.0 Å². The summed E-state index contributed by atoms with van der Waals surface area (Å²) in [5, 5.41) is 21.1. The number of ether oxygens (including phenoxy) is 1. The minimum absolute atomic E-state index is 0.00659. The average Bonchev–Trinajstić information content (AvgIpc) is 3.69. The van der Waals surface area contributed by atoms with Gasteiger partial charge in [0.15, 0.2) is 6.10 Å². The summed E-state index contributed by atoms with van der Waals surface area (Å²) < 4.78 is 36.0. The van der Waals surface area contributed by atoms with Gasteiger partial charge in [0, 0.05) is 18.9 Å². The lowest BCUT2D eigenvalue weighted by Crippen LogP contribution is -2.33. The summed E-state index contributed by atoms with van der Waals surface area (Å²) in [7, 11) is -1.84. The predicted octanol–water partition coefficient (Wildman–Crippen LogP) is 7.70. The van der Waals surface area contributed by atoms with Crippen LogP contribution in [0.1, 0.15) is 82.4 Å². The van der Waals surface area contributed by atoms with Crippen LogP contribution >= 0.6 is 0 Å². The summed E-state index contributed by atoms with van der Waals surface area (Å²) in [6, 6.07) is 21.5. The van der Waals surface area contributed by atoms with Crippen LogP contribution in [-0.2, 0) is 34.5 Å². The maximum absolute atomic E-state index is 13.5. The van der Waals surface area contributed by atoms with Gasteiger partial charge in [-0.3, -0.25) is 9.48 Å².